The normalized spacial score (nSPS) is 14.4. The van der Waals surface area contributed by atoms with E-state index in [0.717, 1.165) is 34.3 Å². The number of nitrogens with one attached hydrogen (secondary N) is 1. The molecule has 0 atom stereocenters. The monoisotopic (exact) mass is 433 g/mol. The zero-order valence-corrected chi connectivity index (χ0v) is 18.5. The number of anilines is 1. The van der Waals surface area contributed by atoms with Crippen LogP contribution in [0.2, 0.25) is 0 Å². The average Bonchev–Trinajstić information content (AvgIpc) is 2.83. The second-order valence-electron chi connectivity index (χ2n) is 7.91. The summed E-state index contributed by atoms with van der Waals surface area (Å²) in [5.41, 5.74) is 2.13. The topological polar surface area (TPSA) is 62.3 Å². The summed E-state index contributed by atoms with van der Waals surface area (Å²) in [6.45, 7) is 0. The molecule has 1 saturated carbocycles. The molecule has 6 heteroatoms. The highest BCUT2D eigenvalue weighted by Crippen LogP contribution is 2.27. The Hall–Kier alpha value is -2.86. The Morgan fingerprint density at radius 1 is 1.03 bits per heavy atom. The number of pyridine rings is 1. The van der Waals surface area contributed by atoms with Gasteiger partial charge in [-0.25, -0.2) is 0 Å². The van der Waals surface area contributed by atoms with Gasteiger partial charge in [0.2, 0.25) is 5.91 Å². The first-order valence-corrected chi connectivity index (χ1v) is 11.7. The Bertz CT molecular complexity index is 1070. The van der Waals surface area contributed by atoms with E-state index in [1.165, 1.54) is 31.0 Å². The zero-order valence-electron chi connectivity index (χ0n) is 17.7. The van der Waals surface area contributed by atoms with Crippen LogP contribution < -0.4 is 5.32 Å². The average molecular weight is 434 g/mol. The standard InChI is InChI=1S/C25H27N3O2S/c1-28(18-9-3-2-4-10-18)24(29)17-31-23-15-6-5-11-20(23)25(30)27-22-14-7-13-21-19(22)12-8-16-26-21/h5-8,11-16,18H,2-4,9-10,17H2,1H3,(H,27,30). The quantitative estimate of drug-likeness (QED) is 0.531. The molecule has 5 nitrogen and oxygen atoms in total. The number of thioether (sulfide) groups is 1. The van der Waals surface area contributed by atoms with Crippen molar-refractivity contribution in [2.45, 2.75) is 43.0 Å². The van der Waals surface area contributed by atoms with E-state index in [4.69, 9.17) is 0 Å². The van der Waals surface area contributed by atoms with Crippen LogP contribution in [-0.2, 0) is 4.79 Å². The van der Waals surface area contributed by atoms with Gasteiger partial charge in [0.25, 0.3) is 5.91 Å². The molecule has 160 valence electrons. The number of hydrogen-bond acceptors (Lipinski definition) is 4. The number of rotatable bonds is 6. The fourth-order valence-electron chi connectivity index (χ4n) is 4.10. The minimum Gasteiger partial charge on any atom is -0.342 e. The highest BCUT2D eigenvalue weighted by atomic mass is 32.2. The van der Waals surface area contributed by atoms with Gasteiger partial charge in [0.1, 0.15) is 0 Å². The fourth-order valence-corrected chi connectivity index (χ4v) is 5.07. The Morgan fingerprint density at radius 2 is 1.84 bits per heavy atom. The summed E-state index contributed by atoms with van der Waals surface area (Å²) in [4.78, 5) is 32.9. The Morgan fingerprint density at radius 3 is 2.68 bits per heavy atom. The van der Waals surface area contributed by atoms with Crippen molar-refractivity contribution in [3.05, 3.63) is 66.4 Å². The molecule has 1 N–H and O–H groups in total. The number of carbonyl (C=O) groups is 2. The number of benzene rings is 2. The first-order valence-electron chi connectivity index (χ1n) is 10.8. The smallest absolute Gasteiger partial charge is 0.256 e. The number of hydrogen-bond donors (Lipinski definition) is 1. The van der Waals surface area contributed by atoms with Gasteiger partial charge in [-0.15, -0.1) is 11.8 Å². The van der Waals surface area contributed by atoms with Crippen LogP contribution in [0, 0.1) is 0 Å². The minimum atomic E-state index is -0.187. The third-order valence-electron chi connectivity index (χ3n) is 5.89. The molecule has 2 amide bonds. The van der Waals surface area contributed by atoms with Crippen molar-refractivity contribution in [1.82, 2.24) is 9.88 Å². The highest BCUT2D eigenvalue weighted by Gasteiger charge is 2.22. The van der Waals surface area contributed by atoms with Crippen molar-refractivity contribution in [2.24, 2.45) is 0 Å². The lowest BCUT2D eigenvalue weighted by molar-refractivity contribution is -0.129. The van der Waals surface area contributed by atoms with Crippen LogP contribution in [-0.4, -0.2) is 40.5 Å². The summed E-state index contributed by atoms with van der Waals surface area (Å²) >= 11 is 1.43. The first kappa shape index (κ1) is 21.4. The maximum absolute atomic E-state index is 13.1. The summed E-state index contributed by atoms with van der Waals surface area (Å²) in [5.74, 6) is 0.259. The SMILES string of the molecule is CN(C(=O)CSc1ccccc1C(=O)Nc1cccc2ncccc12)C1CCCCC1. The minimum absolute atomic E-state index is 0.118. The lowest BCUT2D eigenvalue weighted by Crippen LogP contribution is -2.39. The van der Waals surface area contributed by atoms with Crippen molar-refractivity contribution in [3.63, 3.8) is 0 Å². The predicted octanol–water partition coefficient (Wildman–Crippen LogP) is 5.37. The Labute approximate surface area is 187 Å². The zero-order chi connectivity index (χ0) is 21.6. The number of carbonyl (C=O) groups excluding carboxylic acids is 2. The maximum Gasteiger partial charge on any atom is 0.256 e. The van der Waals surface area contributed by atoms with Crippen molar-refractivity contribution in [2.75, 3.05) is 18.1 Å². The van der Waals surface area contributed by atoms with Crippen molar-refractivity contribution in [3.8, 4) is 0 Å². The number of amides is 2. The molecule has 0 saturated heterocycles. The van der Waals surface area contributed by atoms with Crippen molar-refractivity contribution >= 4 is 40.2 Å². The second kappa shape index (κ2) is 9.96. The maximum atomic E-state index is 13.1. The van der Waals surface area contributed by atoms with Gasteiger partial charge in [-0.05, 0) is 49.2 Å². The van der Waals surface area contributed by atoms with E-state index < -0.39 is 0 Å². The molecule has 0 unspecified atom stereocenters. The molecule has 4 rings (SSSR count). The van der Waals surface area contributed by atoms with E-state index in [1.54, 1.807) is 12.3 Å². The third-order valence-corrected chi connectivity index (χ3v) is 6.95. The molecule has 0 aliphatic heterocycles. The van der Waals surface area contributed by atoms with Crippen LogP contribution in [0.5, 0.6) is 0 Å². The third kappa shape index (κ3) is 5.07. The van der Waals surface area contributed by atoms with Crippen LogP contribution in [0.3, 0.4) is 0 Å². The second-order valence-corrected chi connectivity index (χ2v) is 8.93. The van der Waals surface area contributed by atoms with Crippen molar-refractivity contribution in [1.29, 1.82) is 0 Å². The molecule has 3 aromatic rings. The number of nitrogens with zero attached hydrogens (tertiary/aromatic N) is 2. The van der Waals surface area contributed by atoms with E-state index in [2.05, 4.69) is 10.3 Å². The highest BCUT2D eigenvalue weighted by molar-refractivity contribution is 8.00. The van der Waals surface area contributed by atoms with Gasteiger partial charge in [-0.3, -0.25) is 14.6 Å². The van der Waals surface area contributed by atoms with Gasteiger partial charge in [-0.1, -0.05) is 37.5 Å². The fraction of sp³-hybridized carbons (Fsp3) is 0.320. The van der Waals surface area contributed by atoms with Gasteiger partial charge in [0.15, 0.2) is 0 Å². The summed E-state index contributed by atoms with van der Waals surface area (Å²) in [5, 5.41) is 3.91. The lowest BCUT2D eigenvalue weighted by Gasteiger charge is -2.31. The largest absolute Gasteiger partial charge is 0.342 e. The van der Waals surface area contributed by atoms with Crippen LogP contribution in [0.15, 0.2) is 65.7 Å². The van der Waals surface area contributed by atoms with Crippen LogP contribution in [0.1, 0.15) is 42.5 Å². The molecule has 1 aromatic heterocycles. The lowest BCUT2D eigenvalue weighted by atomic mass is 9.94. The molecule has 2 aromatic carbocycles. The predicted molar refractivity (Wildman–Crippen MR) is 127 cm³/mol. The number of aromatic nitrogens is 1. The van der Waals surface area contributed by atoms with E-state index in [9.17, 15) is 9.59 Å². The molecule has 1 aliphatic carbocycles. The van der Waals surface area contributed by atoms with E-state index in [1.807, 2.05) is 60.5 Å². The van der Waals surface area contributed by atoms with Gasteiger partial charge in [0, 0.05) is 29.6 Å². The van der Waals surface area contributed by atoms with E-state index in [-0.39, 0.29) is 11.8 Å². The molecule has 1 aliphatic rings. The first-order chi connectivity index (χ1) is 15.1. The Balaban J connectivity index is 1.45. The van der Waals surface area contributed by atoms with Crippen LogP contribution >= 0.6 is 11.8 Å². The molecular weight excluding hydrogens is 406 g/mol. The molecule has 0 bridgehead atoms. The van der Waals surface area contributed by atoms with E-state index in [0.29, 0.717) is 17.4 Å². The Kier molecular flexibility index (Phi) is 6.87. The van der Waals surface area contributed by atoms with Gasteiger partial charge in [0.05, 0.1) is 22.5 Å². The van der Waals surface area contributed by atoms with Crippen LogP contribution in [0.4, 0.5) is 5.69 Å². The molecule has 1 heterocycles. The van der Waals surface area contributed by atoms with Gasteiger partial charge >= 0.3 is 0 Å². The van der Waals surface area contributed by atoms with Crippen molar-refractivity contribution < 1.29 is 9.59 Å². The van der Waals surface area contributed by atoms with Gasteiger partial charge in [-0.2, -0.15) is 0 Å². The van der Waals surface area contributed by atoms with Crippen LogP contribution in [0.25, 0.3) is 10.9 Å². The van der Waals surface area contributed by atoms with Gasteiger partial charge < -0.3 is 10.2 Å². The summed E-state index contributed by atoms with van der Waals surface area (Å²) in [7, 11) is 1.91. The molecule has 1 fully saturated rings. The summed E-state index contributed by atoms with van der Waals surface area (Å²) in [6.07, 6.45) is 7.57. The number of fused-ring (bicyclic) bond motifs is 1. The summed E-state index contributed by atoms with van der Waals surface area (Å²) < 4.78 is 0. The van der Waals surface area contributed by atoms with E-state index >= 15 is 0 Å². The molecule has 0 radical (unpaired) electrons. The summed E-state index contributed by atoms with van der Waals surface area (Å²) in [6, 6.07) is 17.3. The molecular formula is C25H27N3O2S. The molecule has 31 heavy (non-hydrogen) atoms. The molecule has 0 spiro atoms.